The van der Waals surface area contributed by atoms with E-state index < -0.39 is 12.1 Å². The van der Waals surface area contributed by atoms with Gasteiger partial charge in [-0.3, -0.25) is 9.59 Å². The maximum Gasteiger partial charge on any atom is 0.305 e. The predicted molar refractivity (Wildman–Crippen MR) is 306 cm³/mol. The molecule has 6 nitrogen and oxygen atoms in total. The molecule has 0 fully saturated rings. The Morgan fingerprint density at radius 2 is 0.586 bits per heavy atom. The highest BCUT2D eigenvalue weighted by Crippen LogP contribution is 2.19. The Kier molecular flexibility index (Phi) is 59.4. The third kappa shape index (κ3) is 56.2. The number of hydrogen-bond donors (Lipinski definition) is 3. The fourth-order valence-electron chi connectivity index (χ4n) is 10.5. The average molecular weight is 991 g/mol. The number of nitrogens with one attached hydrogen (secondary N) is 1. The number of aliphatic hydroxyl groups is 2. The molecular weight excluding hydrogens is 863 g/mol. The normalized spacial score (nSPS) is 12.5. The molecule has 2 unspecified atom stereocenters. The maximum atomic E-state index is 12.5. The summed E-state index contributed by atoms with van der Waals surface area (Å²) in [6, 6.07) is -0.548. The lowest BCUT2D eigenvalue weighted by Gasteiger charge is -2.22. The second kappa shape index (κ2) is 60.4. The van der Waals surface area contributed by atoms with Crippen molar-refractivity contribution in [1.82, 2.24) is 5.32 Å². The predicted octanol–water partition coefficient (Wildman–Crippen LogP) is 20.3. The summed E-state index contributed by atoms with van der Waals surface area (Å²) < 4.78 is 5.49. The summed E-state index contributed by atoms with van der Waals surface area (Å²) in [6.45, 7) is 4.98. The smallest absolute Gasteiger partial charge is 0.305 e. The lowest BCUT2D eigenvalue weighted by Crippen LogP contribution is -2.45. The van der Waals surface area contributed by atoms with Crippen molar-refractivity contribution in [2.75, 3.05) is 13.2 Å². The van der Waals surface area contributed by atoms with E-state index in [4.69, 9.17) is 4.74 Å². The Bertz CT molecular complexity index is 1010. The summed E-state index contributed by atoms with van der Waals surface area (Å²) >= 11 is 0. The Hall–Kier alpha value is -1.14. The van der Waals surface area contributed by atoms with Gasteiger partial charge in [0, 0.05) is 12.8 Å². The molecule has 6 heteroatoms. The zero-order valence-corrected chi connectivity index (χ0v) is 47.8. The minimum absolute atomic E-state index is 0.00626. The van der Waals surface area contributed by atoms with E-state index in [0.29, 0.717) is 25.9 Å². The number of carbonyl (C=O) groups excluding carboxylic acids is 2. The van der Waals surface area contributed by atoms with E-state index in [-0.39, 0.29) is 18.5 Å². The Morgan fingerprint density at radius 1 is 0.343 bits per heavy atom. The van der Waals surface area contributed by atoms with Crippen molar-refractivity contribution in [2.45, 2.75) is 386 Å². The van der Waals surface area contributed by atoms with Crippen molar-refractivity contribution in [2.24, 2.45) is 0 Å². The molecule has 0 heterocycles. The number of hydrogen-bond acceptors (Lipinski definition) is 5. The van der Waals surface area contributed by atoms with Crippen molar-refractivity contribution in [3.05, 3.63) is 0 Å². The van der Waals surface area contributed by atoms with Crippen LogP contribution in [0.4, 0.5) is 0 Å². The Balaban J connectivity index is 3.40. The third-order valence-corrected chi connectivity index (χ3v) is 15.4. The summed E-state index contributed by atoms with van der Waals surface area (Å²) in [4.78, 5) is 24.6. The molecule has 0 aliphatic rings. The number of unbranched alkanes of at least 4 members (excludes halogenated alkanes) is 50. The topological polar surface area (TPSA) is 95.9 Å². The minimum atomic E-state index is -0.670. The fraction of sp³-hybridized carbons (Fsp3) is 0.969. The first kappa shape index (κ1) is 68.9. The van der Waals surface area contributed by atoms with Crippen molar-refractivity contribution in [1.29, 1.82) is 0 Å². The summed E-state index contributed by atoms with van der Waals surface area (Å²) in [5.41, 5.74) is 0. The molecule has 0 saturated carbocycles. The van der Waals surface area contributed by atoms with Crippen LogP contribution in [-0.4, -0.2) is 47.4 Å². The van der Waals surface area contributed by atoms with Gasteiger partial charge in [0.1, 0.15) is 0 Å². The van der Waals surface area contributed by atoms with Crippen LogP contribution >= 0.6 is 0 Å². The second-order valence-corrected chi connectivity index (χ2v) is 22.5. The molecule has 3 N–H and O–H groups in total. The third-order valence-electron chi connectivity index (χ3n) is 15.4. The summed E-state index contributed by atoms with van der Waals surface area (Å²) in [6.07, 6.45) is 71.1. The van der Waals surface area contributed by atoms with Crippen molar-refractivity contribution in [3.63, 3.8) is 0 Å². The highest BCUT2D eigenvalue weighted by Gasteiger charge is 2.20. The largest absolute Gasteiger partial charge is 0.466 e. The zero-order chi connectivity index (χ0) is 50.7. The average Bonchev–Trinajstić information content (AvgIpc) is 3.36. The SMILES string of the molecule is CCCCCCCCCCCCCCCCCCCCCCCC(O)C(CO)NC(=O)CCCCCCCCCCCCCCCCCOC(=O)CCCCCCCCCCCCCCCCCCC. The molecule has 0 aromatic carbocycles. The molecule has 0 aromatic rings. The monoisotopic (exact) mass is 990 g/mol. The lowest BCUT2D eigenvalue weighted by atomic mass is 10.0. The van der Waals surface area contributed by atoms with E-state index in [0.717, 1.165) is 44.9 Å². The van der Waals surface area contributed by atoms with Crippen LogP contribution in [0.3, 0.4) is 0 Å². The van der Waals surface area contributed by atoms with Crippen molar-refractivity contribution < 1.29 is 24.5 Å². The molecule has 418 valence electrons. The van der Waals surface area contributed by atoms with Gasteiger partial charge in [-0.2, -0.15) is 0 Å². The number of ether oxygens (including phenoxy) is 1. The second-order valence-electron chi connectivity index (χ2n) is 22.5. The summed E-state index contributed by atoms with van der Waals surface area (Å²) in [5.74, 6) is -0.0321. The standard InChI is InChI=1S/C64H127NO5/c1-3-5-7-9-11-13-15-17-19-21-22-23-24-26-28-32-36-40-44-48-52-56-62(67)61(60-66)65-63(68)57-53-49-45-41-37-33-29-27-31-35-39-43-47-51-55-59-70-64(69)58-54-50-46-42-38-34-30-25-20-18-16-14-12-10-8-6-4-2/h61-62,66-67H,3-60H2,1-2H3,(H,65,68). The van der Waals surface area contributed by atoms with E-state index >= 15 is 0 Å². The van der Waals surface area contributed by atoms with Gasteiger partial charge in [0.25, 0.3) is 0 Å². The highest BCUT2D eigenvalue weighted by atomic mass is 16.5. The van der Waals surface area contributed by atoms with Gasteiger partial charge in [0.2, 0.25) is 5.91 Å². The molecule has 0 aliphatic heterocycles. The van der Waals surface area contributed by atoms with Gasteiger partial charge in [0.05, 0.1) is 25.4 Å². The van der Waals surface area contributed by atoms with E-state index in [2.05, 4.69) is 19.2 Å². The van der Waals surface area contributed by atoms with Crippen LogP contribution in [0, 0.1) is 0 Å². The molecule has 2 atom stereocenters. The van der Waals surface area contributed by atoms with Gasteiger partial charge >= 0.3 is 5.97 Å². The first-order valence-corrected chi connectivity index (χ1v) is 32.3. The van der Waals surface area contributed by atoms with E-state index in [1.165, 1.54) is 295 Å². The summed E-state index contributed by atoms with van der Waals surface area (Å²) in [7, 11) is 0. The number of esters is 1. The van der Waals surface area contributed by atoms with Crippen LogP contribution in [0.2, 0.25) is 0 Å². The van der Waals surface area contributed by atoms with Crippen LogP contribution in [0.15, 0.2) is 0 Å². The maximum absolute atomic E-state index is 12.5. The highest BCUT2D eigenvalue weighted by molar-refractivity contribution is 5.76. The van der Waals surface area contributed by atoms with Gasteiger partial charge in [-0.25, -0.2) is 0 Å². The van der Waals surface area contributed by atoms with E-state index in [1.807, 2.05) is 0 Å². The Labute approximate surface area is 438 Å². The molecule has 70 heavy (non-hydrogen) atoms. The zero-order valence-electron chi connectivity index (χ0n) is 47.8. The number of carbonyl (C=O) groups is 2. The van der Waals surface area contributed by atoms with Crippen molar-refractivity contribution in [3.8, 4) is 0 Å². The number of aliphatic hydroxyl groups excluding tert-OH is 2. The number of amides is 1. The molecule has 0 spiro atoms. The minimum Gasteiger partial charge on any atom is -0.466 e. The summed E-state index contributed by atoms with van der Waals surface area (Å²) in [5, 5.41) is 23.4. The molecule has 0 aliphatic carbocycles. The lowest BCUT2D eigenvalue weighted by molar-refractivity contribution is -0.143. The fourth-order valence-corrected chi connectivity index (χ4v) is 10.5. The molecule has 0 rings (SSSR count). The first-order chi connectivity index (χ1) is 34.5. The quantitative estimate of drug-likeness (QED) is 0.0417. The first-order valence-electron chi connectivity index (χ1n) is 32.3. The van der Waals surface area contributed by atoms with Crippen LogP contribution < -0.4 is 5.32 Å². The molecular formula is C64H127NO5. The Morgan fingerprint density at radius 3 is 0.871 bits per heavy atom. The van der Waals surface area contributed by atoms with Crippen LogP contribution in [0.1, 0.15) is 373 Å². The van der Waals surface area contributed by atoms with Gasteiger partial charge in [0.15, 0.2) is 0 Å². The van der Waals surface area contributed by atoms with Crippen LogP contribution in [-0.2, 0) is 14.3 Å². The van der Waals surface area contributed by atoms with E-state index in [1.54, 1.807) is 0 Å². The van der Waals surface area contributed by atoms with Gasteiger partial charge < -0.3 is 20.3 Å². The molecule has 0 bridgehead atoms. The van der Waals surface area contributed by atoms with Gasteiger partial charge in [-0.1, -0.05) is 335 Å². The van der Waals surface area contributed by atoms with Crippen LogP contribution in [0.25, 0.3) is 0 Å². The molecule has 0 aromatic heterocycles. The number of rotatable bonds is 61. The van der Waals surface area contributed by atoms with E-state index in [9.17, 15) is 19.8 Å². The van der Waals surface area contributed by atoms with Gasteiger partial charge in [-0.15, -0.1) is 0 Å². The van der Waals surface area contributed by atoms with Crippen molar-refractivity contribution >= 4 is 11.9 Å². The van der Waals surface area contributed by atoms with Gasteiger partial charge in [-0.05, 0) is 25.7 Å². The molecule has 0 radical (unpaired) electrons. The molecule has 1 amide bonds. The molecule has 0 saturated heterocycles. The van der Waals surface area contributed by atoms with Crippen LogP contribution in [0.5, 0.6) is 0 Å².